The van der Waals surface area contributed by atoms with Crippen LogP contribution in [0.1, 0.15) is 25.4 Å². The van der Waals surface area contributed by atoms with Crippen LogP contribution in [0.15, 0.2) is 41.0 Å². The first-order valence-corrected chi connectivity index (χ1v) is 9.31. The largest absolute Gasteiger partial charge is 0.469 e. The lowest BCUT2D eigenvalue weighted by Crippen LogP contribution is -2.34. The molecule has 27 heavy (non-hydrogen) atoms. The summed E-state index contributed by atoms with van der Waals surface area (Å²) in [5.74, 6) is 1.73. The molecule has 0 saturated heterocycles. The highest BCUT2D eigenvalue weighted by molar-refractivity contribution is 5.92. The minimum Gasteiger partial charge on any atom is -0.469 e. The summed E-state index contributed by atoms with van der Waals surface area (Å²) >= 11 is 0. The maximum absolute atomic E-state index is 12.2. The number of carbonyl (C=O) groups excluding carboxylic acids is 1. The van der Waals surface area contributed by atoms with E-state index in [-0.39, 0.29) is 18.6 Å². The van der Waals surface area contributed by atoms with Crippen molar-refractivity contribution in [3.05, 3.63) is 48.2 Å². The van der Waals surface area contributed by atoms with Crippen LogP contribution in [0.4, 0.5) is 10.5 Å². The molecule has 2 heterocycles. The van der Waals surface area contributed by atoms with E-state index in [2.05, 4.69) is 34.0 Å². The van der Waals surface area contributed by atoms with Crippen LogP contribution in [-0.2, 0) is 19.4 Å². The Morgan fingerprint density at radius 1 is 1.33 bits per heavy atom. The van der Waals surface area contributed by atoms with Gasteiger partial charge >= 0.3 is 6.03 Å². The van der Waals surface area contributed by atoms with E-state index in [9.17, 15) is 9.90 Å². The Balaban J connectivity index is 1.60. The summed E-state index contributed by atoms with van der Waals surface area (Å²) in [5.41, 5.74) is 2.63. The number of rotatable bonds is 8. The average Bonchev–Trinajstić information content (AvgIpc) is 3.31. The zero-order valence-corrected chi connectivity index (χ0v) is 15.7. The number of aromatic nitrogens is 2. The number of aliphatic hydroxyl groups excluding tert-OH is 1. The second kappa shape index (κ2) is 8.73. The number of furan rings is 1. The molecule has 3 rings (SSSR count). The van der Waals surface area contributed by atoms with Crippen molar-refractivity contribution in [3.63, 3.8) is 0 Å². The zero-order valence-electron chi connectivity index (χ0n) is 15.7. The predicted molar refractivity (Wildman–Crippen MR) is 105 cm³/mol. The van der Waals surface area contributed by atoms with Crippen molar-refractivity contribution in [2.24, 2.45) is 5.92 Å². The molecule has 1 aromatic carbocycles. The van der Waals surface area contributed by atoms with E-state index in [1.165, 1.54) is 0 Å². The molecule has 3 aromatic rings. The molecule has 7 heteroatoms. The number of urea groups is 1. The number of hydrogen-bond acceptors (Lipinski definition) is 4. The fourth-order valence-electron chi connectivity index (χ4n) is 3.21. The smallest absolute Gasteiger partial charge is 0.319 e. The van der Waals surface area contributed by atoms with E-state index < -0.39 is 0 Å². The minimum absolute atomic E-state index is 0.0266. The Bertz CT molecular complexity index is 886. The highest BCUT2D eigenvalue weighted by Gasteiger charge is 2.13. The summed E-state index contributed by atoms with van der Waals surface area (Å²) in [7, 11) is 0. The van der Waals surface area contributed by atoms with Gasteiger partial charge < -0.3 is 24.7 Å². The number of nitrogens with one attached hydrogen (secondary N) is 2. The van der Waals surface area contributed by atoms with Crippen LogP contribution in [0.2, 0.25) is 0 Å². The van der Waals surface area contributed by atoms with Crippen molar-refractivity contribution in [2.75, 3.05) is 18.5 Å². The van der Waals surface area contributed by atoms with Crippen LogP contribution in [0, 0.1) is 5.92 Å². The highest BCUT2D eigenvalue weighted by Crippen LogP contribution is 2.21. The molecule has 0 bridgehead atoms. The van der Waals surface area contributed by atoms with Crippen molar-refractivity contribution >= 4 is 22.8 Å². The second-order valence-electron chi connectivity index (χ2n) is 6.50. The van der Waals surface area contributed by atoms with Crippen LogP contribution < -0.4 is 10.6 Å². The molecular weight excluding hydrogens is 344 g/mol. The van der Waals surface area contributed by atoms with Gasteiger partial charge in [-0.25, -0.2) is 9.78 Å². The summed E-state index contributed by atoms with van der Waals surface area (Å²) in [5, 5.41) is 15.1. The van der Waals surface area contributed by atoms with Crippen LogP contribution in [0.25, 0.3) is 11.0 Å². The second-order valence-corrected chi connectivity index (χ2v) is 6.50. The van der Waals surface area contributed by atoms with E-state index in [0.29, 0.717) is 18.7 Å². The monoisotopic (exact) mass is 370 g/mol. The average molecular weight is 370 g/mol. The van der Waals surface area contributed by atoms with Crippen molar-refractivity contribution in [1.82, 2.24) is 14.9 Å². The Kier molecular flexibility index (Phi) is 6.13. The molecule has 0 aliphatic rings. The molecule has 0 spiro atoms. The van der Waals surface area contributed by atoms with E-state index in [4.69, 9.17) is 4.42 Å². The van der Waals surface area contributed by atoms with Crippen molar-refractivity contribution in [2.45, 2.75) is 33.2 Å². The van der Waals surface area contributed by atoms with Gasteiger partial charge in [0.1, 0.15) is 11.6 Å². The summed E-state index contributed by atoms with van der Waals surface area (Å²) in [4.78, 5) is 16.8. The number of aryl methyl sites for hydroxylation is 2. The Morgan fingerprint density at radius 2 is 2.19 bits per heavy atom. The SMILES string of the molecule is CCc1nc2cc(NC(=O)NC[C@H](CO)Cc3ccco3)ccc2n1CC. The third-order valence-corrected chi connectivity index (χ3v) is 4.60. The van der Waals surface area contributed by atoms with Gasteiger partial charge in [-0.15, -0.1) is 0 Å². The van der Waals surface area contributed by atoms with Gasteiger partial charge in [-0.05, 0) is 37.3 Å². The molecule has 3 N–H and O–H groups in total. The lowest BCUT2D eigenvalue weighted by atomic mass is 10.1. The van der Waals surface area contributed by atoms with Crippen LogP contribution in [0.3, 0.4) is 0 Å². The molecule has 0 unspecified atom stereocenters. The van der Waals surface area contributed by atoms with Crippen molar-refractivity contribution < 1.29 is 14.3 Å². The number of carbonyl (C=O) groups is 1. The minimum atomic E-state index is -0.308. The zero-order chi connectivity index (χ0) is 19.2. The first-order valence-electron chi connectivity index (χ1n) is 9.31. The first-order chi connectivity index (χ1) is 13.1. The molecule has 7 nitrogen and oxygen atoms in total. The molecule has 0 saturated carbocycles. The lowest BCUT2D eigenvalue weighted by molar-refractivity contribution is 0.213. The van der Waals surface area contributed by atoms with Gasteiger partial charge in [0.25, 0.3) is 0 Å². The summed E-state index contributed by atoms with van der Waals surface area (Å²) in [6.07, 6.45) is 3.04. The fourth-order valence-corrected chi connectivity index (χ4v) is 3.21. The molecule has 0 radical (unpaired) electrons. The quantitative estimate of drug-likeness (QED) is 0.568. The van der Waals surface area contributed by atoms with E-state index in [1.807, 2.05) is 30.3 Å². The number of aliphatic hydroxyl groups is 1. The molecular formula is C20H26N4O3. The number of hydrogen-bond donors (Lipinski definition) is 3. The normalized spacial score (nSPS) is 12.3. The number of amides is 2. The Labute approximate surface area is 158 Å². The van der Waals surface area contributed by atoms with Crippen molar-refractivity contribution in [3.8, 4) is 0 Å². The van der Waals surface area contributed by atoms with Gasteiger partial charge in [0.2, 0.25) is 0 Å². The van der Waals surface area contributed by atoms with Crippen LogP contribution >= 0.6 is 0 Å². The highest BCUT2D eigenvalue weighted by atomic mass is 16.3. The van der Waals surface area contributed by atoms with E-state index >= 15 is 0 Å². The van der Waals surface area contributed by atoms with Crippen molar-refractivity contribution in [1.29, 1.82) is 0 Å². The summed E-state index contributed by atoms with van der Waals surface area (Å²) < 4.78 is 7.47. The molecule has 0 aliphatic heterocycles. The first kappa shape index (κ1) is 19.0. The number of anilines is 1. The van der Waals surface area contributed by atoms with Gasteiger partial charge in [-0.1, -0.05) is 6.92 Å². The summed E-state index contributed by atoms with van der Waals surface area (Å²) in [6, 6.07) is 9.10. The number of fused-ring (bicyclic) bond motifs is 1. The molecule has 1 atom stereocenters. The third kappa shape index (κ3) is 4.49. The van der Waals surface area contributed by atoms with E-state index in [0.717, 1.165) is 35.6 Å². The lowest BCUT2D eigenvalue weighted by Gasteiger charge is -2.14. The number of benzene rings is 1. The Hall–Kier alpha value is -2.80. The van der Waals surface area contributed by atoms with Crippen LogP contribution in [0.5, 0.6) is 0 Å². The molecule has 0 fully saturated rings. The molecule has 2 amide bonds. The third-order valence-electron chi connectivity index (χ3n) is 4.60. The summed E-state index contributed by atoms with van der Waals surface area (Å²) in [6.45, 7) is 5.38. The van der Waals surface area contributed by atoms with Gasteiger partial charge in [-0.3, -0.25) is 0 Å². The van der Waals surface area contributed by atoms with Gasteiger partial charge in [0.15, 0.2) is 0 Å². The topological polar surface area (TPSA) is 92.3 Å². The maximum atomic E-state index is 12.2. The Morgan fingerprint density at radius 3 is 2.85 bits per heavy atom. The van der Waals surface area contributed by atoms with Gasteiger partial charge in [0, 0.05) is 44.1 Å². The fraction of sp³-hybridized carbons (Fsp3) is 0.400. The number of nitrogens with zero attached hydrogens (tertiary/aromatic N) is 2. The van der Waals surface area contributed by atoms with Gasteiger partial charge in [0.05, 0.1) is 17.3 Å². The molecule has 144 valence electrons. The molecule has 0 aliphatic carbocycles. The number of imidazole rings is 1. The van der Waals surface area contributed by atoms with E-state index in [1.54, 1.807) is 6.26 Å². The van der Waals surface area contributed by atoms with Crippen LogP contribution in [-0.4, -0.2) is 33.8 Å². The van der Waals surface area contributed by atoms with Gasteiger partial charge in [-0.2, -0.15) is 0 Å². The standard InChI is InChI=1S/C20H26N4O3/c1-3-19-23-17-11-15(7-8-18(17)24(19)4-2)22-20(26)21-12-14(13-25)10-16-6-5-9-27-16/h5-9,11,14,25H,3-4,10,12-13H2,1-2H3,(H2,21,22,26)/t14-/m1/s1. The maximum Gasteiger partial charge on any atom is 0.319 e. The molecule has 2 aromatic heterocycles. The predicted octanol–water partition coefficient (Wildman–Crippen LogP) is 3.18.